The number of fused-ring (bicyclic) bond motifs is 2. The fourth-order valence-electron chi connectivity index (χ4n) is 4.46. The first-order valence-electron chi connectivity index (χ1n) is 10.0. The molecule has 3 nitrogen and oxygen atoms in total. The topological polar surface area (TPSA) is 47.6 Å². The summed E-state index contributed by atoms with van der Waals surface area (Å²) < 4.78 is 5.29. The lowest BCUT2D eigenvalue weighted by Crippen LogP contribution is -2.34. The van der Waals surface area contributed by atoms with Crippen molar-refractivity contribution >= 4 is 28.3 Å². The predicted molar refractivity (Wildman–Crippen MR) is 125 cm³/mol. The average molecular weight is 421 g/mol. The van der Waals surface area contributed by atoms with Crippen LogP contribution in [0.25, 0.3) is 21.6 Å². The summed E-state index contributed by atoms with van der Waals surface area (Å²) >= 11 is 3.62. The molecule has 1 aromatic heterocycles. The van der Waals surface area contributed by atoms with Gasteiger partial charge in [-0.25, -0.2) is 0 Å². The van der Waals surface area contributed by atoms with Gasteiger partial charge in [0, 0.05) is 15.5 Å². The second-order valence-electron chi connectivity index (χ2n) is 7.69. The van der Waals surface area contributed by atoms with Crippen LogP contribution in [0.4, 0.5) is 0 Å². The minimum absolute atomic E-state index is 0.0920. The number of benzene rings is 2. The predicted octanol–water partition coefficient (Wildman–Crippen LogP) is 6.07. The summed E-state index contributed by atoms with van der Waals surface area (Å²) in [5.41, 5.74) is 11.2. The summed E-state index contributed by atoms with van der Waals surface area (Å²) in [6.07, 6.45) is 4.56. The molecule has 148 valence electrons. The summed E-state index contributed by atoms with van der Waals surface area (Å²) in [6, 6.07) is 19.5. The van der Waals surface area contributed by atoms with Gasteiger partial charge in [-0.05, 0) is 72.2 Å². The molecule has 1 spiro atoms. The minimum Gasteiger partial charge on any atom is -0.497 e. The fourth-order valence-corrected chi connectivity index (χ4v) is 6.64. The van der Waals surface area contributed by atoms with Gasteiger partial charge < -0.3 is 10.5 Å². The van der Waals surface area contributed by atoms with Crippen molar-refractivity contribution < 1.29 is 4.74 Å². The molecular formula is C24H24N2OS2. The molecule has 3 aromatic rings. The third-order valence-corrected chi connectivity index (χ3v) is 8.00. The molecule has 1 aliphatic carbocycles. The number of thiophene rings is 1. The molecule has 0 fully saturated rings. The Morgan fingerprint density at radius 3 is 2.62 bits per heavy atom. The van der Waals surface area contributed by atoms with E-state index in [1.165, 1.54) is 38.4 Å². The van der Waals surface area contributed by atoms with Crippen molar-refractivity contribution in [2.45, 2.75) is 31.2 Å². The summed E-state index contributed by atoms with van der Waals surface area (Å²) in [6.45, 7) is 0. The standard InChI is InChI=1S/C24H24N2OS2/c1-27-19-9-7-16(8-10-19)17-4-2-5-18(14-17)22-15-20-21(29-22)6-3-11-24(20)12-13-28-23(25)26-24/h2,4-5,7-10,14-15H,3,6,11-13H2,1H3,(H2,25,26). The van der Waals surface area contributed by atoms with Gasteiger partial charge in [0.2, 0.25) is 0 Å². The molecule has 0 amide bonds. The highest BCUT2D eigenvalue weighted by atomic mass is 32.2. The van der Waals surface area contributed by atoms with E-state index in [1.54, 1.807) is 18.9 Å². The Labute approximate surface area is 180 Å². The number of aliphatic imine (C=N–C) groups is 1. The number of rotatable bonds is 3. The molecular weight excluding hydrogens is 396 g/mol. The minimum atomic E-state index is -0.0920. The Morgan fingerprint density at radius 2 is 1.83 bits per heavy atom. The zero-order valence-corrected chi connectivity index (χ0v) is 18.1. The van der Waals surface area contributed by atoms with Crippen molar-refractivity contribution in [2.75, 3.05) is 12.9 Å². The lowest BCUT2D eigenvalue weighted by Gasteiger charge is -2.36. The third kappa shape index (κ3) is 3.47. The highest BCUT2D eigenvalue weighted by Gasteiger charge is 2.39. The summed E-state index contributed by atoms with van der Waals surface area (Å²) in [4.78, 5) is 7.78. The zero-order valence-electron chi connectivity index (χ0n) is 16.5. The van der Waals surface area contributed by atoms with E-state index in [4.69, 9.17) is 15.5 Å². The van der Waals surface area contributed by atoms with E-state index in [0.717, 1.165) is 35.9 Å². The molecule has 5 heteroatoms. The lowest BCUT2D eigenvalue weighted by molar-refractivity contribution is 0.368. The van der Waals surface area contributed by atoms with Crippen molar-refractivity contribution in [1.29, 1.82) is 0 Å². The smallest absolute Gasteiger partial charge is 0.154 e. The van der Waals surface area contributed by atoms with Crippen LogP contribution in [-0.2, 0) is 12.0 Å². The maximum atomic E-state index is 6.13. The fraction of sp³-hybridized carbons (Fsp3) is 0.292. The summed E-state index contributed by atoms with van der Waals surface area (Å²) in [7, 11) is 1.70. The van der Waals surface area contributed by atoms with Gasteiger partial charge in [0.25, 0.3) is 0 Å². The number of hydrogen-bond donors (Lipinski definition) is 1. The van der Waals surface area contributed by atoms with E-state index in [9.17, 15) is 0 Å². The van der Waals surface area contributed by atoms with E-state index in [2.05, 4.69) is 42.5 Å². The van der Waals surface area contributed by atoms with Crippen LogP contribution in [-0.4, -0.2) is 18.0 Å². The van der Waals surface area contributed by atoms with Crippen LogP contribution in [0.15, 0.2) is 59.6 Å². The van der Waals surface area contributed by atoms with E-state index < -0.39 is 0 Å². The molecule has 1 aliphatic heterocycles. The number of hydrogen-bond acceptors (Lipinski definition) is 5. The Kier molecular flexibility index (Phi) is 4.88. The zero-order chi connectivity index (χ0) is 19.8. The van der Waals surface area contributed by atoms with E-state index in [0.29, 0.717) is 0 Å². The van der Waals surface area contributed by atoms with Crippen LogP contribution >= 0.6 is 23.1 Å². The first kappa shape index (κ1) is 18.8. The van der Waals surface area contributed by atoms with Gasteiger partial charge in [-0.3, -0.25) is 4.99 Å². The average Bonchev–Trinajstić information content (AvgIpc) is 3.20. The monoisotopic (exact) mass is 420 g/mol. The molecule has 0 saturated heterocycles. The number of ether oxygens (including phenoxy) is 1. The van der Waals surface area contributed by atoms with Crippen LogP contribution < -0.4 is 10.5 Å². The highest BCUT2D eigenvalue weighted by Crippen LogP contribution is 2.49. The van der Waals surface area contributed by atoms with Gasteiger partial charge in [0.1, 0.15) is 5.75 Å². The van der Waals surface area contributed by atoms with Crippen LogP contribution in [0.3, 0.4) is 0 Å². The quantitative estimate of drug-likeness (QED) is 0.559. The SMILES string of the molecule is COc1ccc(-c2cccc(-c3cc4c(s3)CCCC43CCSC(N)=N3)c2)cc1. The van der Waals surface area contributed by atoms with Crippen molar-refractivity contribution in [3.05, 3.63) is 65.0 Å². The molecule has 0 radical (unpaired) electrons. The van der Waals surface area contributed by atoms with Gasteiger partial charge in [-0.15, -0.1) is 11.3 Å². The number of amidine groups is 1. The second-order valence-corrected chi connectivity index (χ2v) is 9.94. The molecule has 29 heavy (non-hydrogen) atoms. The first-order valence-corrected chi connectivity index (χ1v) is 11.8. The first-order chi connectivity index (χ1) is 14.2. The molecule has 2 N–H and O–H groups in total. The second kappa shape index (κ2) is 7.54. The maximum Gasteiger partial charge on any atom is 0.154 e. The lowest BCUT2D eigenvalue weighted by atomic mass is 9.78. The molecule has 1 atom stereocenters. The molecule has 2 aromatic carbocycles. The molecule has 5 rings (SSSR count). The van der Waals surface area contributed by atoms with Crippen LogP contribution in [0.1, 0.15) is 29.7 Å². The number of thioether (sulfide) groups is 1. The van der Waals surface area contributed by atoms with E-state index in [1.807, 2.05) is 23.5 Å². The highest BCUT2D eigenvalue weighted by molar-refractivity contribution is 8.13. The van der Waals surface area contributed by atoms with E-state index >= 15 is 0 Å². The van der Waals surface area contributed by atoms with Crippen LogP contribution in [0, 0.1) is 0 Å². The van der Waals surface area contributed by atoms with Gasteiger partial charge in [-0.2, -0.15) is 0 Å². The van der Waals surface area contributed by atoms with Crippen molar-refractivity contribution in [2.24, 2.45) is 10.7 Å². The normalized spacial score (nSPS) is 20.9. The van der Waals surface area contributed by atoms with Crippen LogP contribution in [0.5, 0.6) is 5.75 Å². The Morgan fingerprint density at radius 1 is 1.00 bits per heavy atom. The van der Waals surface area contributed by atoms with Crippen molar-refractivity contribution in [3.63, 3.8) is 0 Å². The van der Waals surface area contributed by atoms with Gasteiger partial charge >= 0.3 is 0 Å². The van der Waals surface area contributed by atoms with Gasteiger partial charge in [0.15, 0.2) is 5.17 Å². The number of nitrogens with zero attached hydrogens (tertiary/aromatic N) is 1. The molecule has 0 saturated carbocycles. The van der Waals surface area contributed by atoms with Gasteiger partial charge in [0.05, 0.1) is 12.6 Å². The van der Waals surface area contributed by atoms with E-state index in [-0.39, 0.29) is 5.54 Å². The third-order valence-electron chi connectivity index (χ3n) is 5.96. The molecule has 1 unspecified atom stereocenters. The number of nitrogens with two attached hydrogens (primary N) is 1. The summed E-state index contributed by atoms with van der Waals surface area (Å²) in [5, 5.41) is 0.748. The molecule has 0 bridgehead atoms. The van der Waals surface area contributed by atoms with Crippen LogP contribution in [0.2, 0.25) is 0 Å². The Balaban J connectivity index is 1.53. The van der Waals surface area contributed by atoms with Gasteiger partial charge in [-0.1, -0.05) is 42.1 Å². The number of aryl methyl sites for hydroxylation is 1. The van der Waals surface area contributed by atoms with Crippen molar-refractivity contribution in [1.82, 2.24) is 0 Å². The molecule has 2 aliphatic rings. The largest absolute Gasteiger partial charge is 0.497 e. The summed E-state index contributed by atoms with van der Waals surface area (Å²) in [5.74, 6) is 1.94. The Hall–Kier alpha value is -2.24. The molecule has 2 heterocycles. The van der Waals surface area contributed by atoms with Crippen molar-refractivity contribution in [3.8, 4) is 27.3 Å². The maximum absolute atomic E-state index is 6.13. The number of methoxy groups -OCH3 is 1. The Bertz CT molecular complexity index is 1070.